The number of aliphatic hydroxyl groups is 1. The second-order valence-electron chi connectivity index (χ2n) is 21.8. The third kappa shape index (κ3) is 8.35. The van der Waals surface area contributed by atoms with Gasteiger partial charge < -0.3 is 24.6 Å². The van der Waals surface area contributed by atoms with Crippen molar-refractivity contribution in [2.75, 3.05) is 46.9 Å². The predicted molar refractivity (Wildman–Crippen MR) is 230 cm³/mol. The molecule has 1 heterocycles. The Balaban J connectivity index is 1.22. The quantitative estimate of drug-likeness (QED) is 0.158. The molecule has 10 nitrogen and oxygen atoms in total. The van der Waals surface area contributed by atoms with Gasteiger partial charge in [0.25, 0.3) is 0 Å². The lowest BCUT2D eigenvalue weighted by molar-refractivity contribution is -0.232. The van der Waals surface area contributed by atoms with Crippen molar-refractivity contribution in [3.8, 4) is 0 Å². The number of pyridine rings is 1. The van der Waals surface area contributed by atoms with Gasteiger partial charge in [-0.1, -0.05) is 60.1 Å². The van der Waals surface area contributed by atoms with Crippen LogP contribution in [0.3, 0.4) is 0 Å². The van der Waals surface area contributed by atoms with Crippen LogP contribution in [-0.2, 0) is 30.4 Å². The number of hydrogen-bond acceptors (Lipinski definition) is 9. The van der Waals surface area contributed by atoms with Gasteiger partial charge in [0.15, 0.2) is 5.78 Å². The summed E-state index contributed by atoms with van der Waals surface area (Å²) in [5, 5.41) is 21.9. The Morgan fingerprint density at radius 1 is 0.949 bits per heavy atom. The molecule has 2 N–H and O–H groups in total. The van der Waals surface area contributed by atoms with Crippen LogP contribution in [0.4, 0.5) is 0 Å². The van der Waals surface area contributed by atoms with Crippen LogP contribution in [0.2, 0.25) is 0 Å². The molecule has 10 atom stereocenters. The molecule has 0 radical (unpaired) electrons. The summed E-state index contributed by atoms with van der Waals surface area (Å²) in [6.07, 6.45) is 8.70. The number of ether oxygens (including phenoxy) is 2. The lowest BCUT2D eigenvalue weighted by Crippen LogP contribution is -2.65. The minimum Gasteiger partial charge on any atom is -0.481 e. The average molecular weight is 820 g/mol. The van der Waals surface area contributed by atoms with Gasteiger partial charge >= 0.3 is 11.9 Å². The van der Waals surface area contributed by atoms with Crippen molar-refractivity contribution in [1.29, 1.82) is 0 Å². The number of carboxylic acid groups (broad SMARTS) is 1. The van der Waals surface area contributed by atoms with E-state index in [9.17, 15) is 24.6 Å². The van der Waals surface area contributed by atoms with Crippen LogP contribution in [-0.4, -0.2) is 102 Å². The van der Waals surface area contributed by atoms with Crippen molar-refractivity contribution >= 4 is 17.7 Å². The van der Waals surface area contributed by atoms with E-state index >= 15 is 0 Å². The number of allylic oxidation sites excluding steroid dienone is 2. The van der Waals surface area contributed by atoms with Crippen LogP contribution < -0.4 is 0 Å². The molecule has 4 saturated carbocycles. The van der Waals surface area contributed by atoms with Crippen LogP contribution in [0, 0.1) is 62.6 Å². The predicted octanol–water partition coefficient (Wildman–Crippen LogP) is 8.07. The maximum Gasteiger partial charge on any atom is 0.309 e. The summed E-state index contributed by atoms with van der Waals surface area (Å²) in [7, 11) is 3.82. The van der Waals surface area contributed by atoms with Crippen LogP contribution >= 0.6 is 0 Å². The van der Waals surface area contributed by atoms with E-state index in [2.05, 4.69) is 70.3 Å². The Bertz CT molecular complexity index is 1730. The molecule has 5 aliphatic rings. The van der Waals surface area contributed by atoms with E-state index in [4.69, 9.17) is 9.47 Å². The summed E-state index contributed by atoms with van der Waals surface area (Å²) in [5.74, 6) is -0.320. The SMILES string of the molecule is COCCN(C)CCN(Cc1ccccn1)C[C@H](O)C1C(=O)C(C(C)C)=C2C1CC[C@]1(C)[C@@H]2CC[C@@H]2[C@@]3(C)CC[C@H](OC(=O)CC(C)(C)C(=O)O)C(C)(C)[C@@H]3CC[C@]21C. The number of carbonyl (C=O) groups is 3. The second-order valence-corrected chi connectivity index (χ2v) is 21.8. The van der Waals surface area contributed by atoms with E-state index in [1.165, 1.54) is 5.57 Å². The molecule has 4 fully saturated rings. The molecule has 1 aromatic heterocycles. The molecule has 1 aromatic rings. The summed E-state index contributed by atoms with van der Waals surface area (Å²) in [5.41, 5.74) is 2.08. The maximum atomic E-state index is 14.8. The molecule has 6 rings (SSSR count). The van der Waals surface area contributed by atoms with Crippen molar-refractivity contribution in [2.24, 2.45) is 62.6 Å². The first-order valence-corrected chi connectivity index (χ1v) is 22.8. The summed E-state index contributed by atoms with van der Waals surface area (Å²) < 4.78 is 11.5. The topological polar surface area (TPSA) is 130 Å². The molecule has 0 bridgehead atoms. The van der Waals surface area contributed by atoms with Crippen molar-refractivity contribution in [2.45, 2.75) is 139 Å². The van der Waals surface area contributed by atoms with Crippen molar-refractivity contribution < 1.29 is 34.1 Å². The number of aliphatic hydroxyl groups excluding tert-OH is 1. The molecule has 2 unspecified atom stereocenters. The van der Waals surface area contributed by atoms with E-state index in [1.807, 2.05) is 24.4 Å². The molecule has 330 valence electrons. The number of nitrogens with zero attached hydrogens (tertiary/aromatic N) is 3. The highest BCUT2D eigenvalue weighted by Crippen LogP contribution is 2.76. The molecule has 5 aliphatic carbocycles. The first-order valence-electron chi connectivity index (χ1n) is 22.8. The number of hydrogen-bond donors (Lipinski definition) is 2. The molecule has 0 saturated heterocycles. The van der Waals surface area contributed by atoms with Gasteiger partial charge in [-0.2, -0.15) is 0 Å². The number of esters is 1. The van der Waals surface area contributed by atoms with Gasteiger partial charge in [-0.05, 0) is 136 Å². The summed E-state index contributed by atoms with van der Waals surface area (Å²) in [4.78, 5) is 48.9. The van der Waals surface area contributed by atoms with Crippen molar-refractivity contribution in [3.05, 3.63) is 41.2 Å². The normalized spacial score (nSPS) is 34.7. The summed E-state index contributed by atoms with van der Waals surface area (Å²) in [6.45, 7) is 23.8. The van der Waals surface area contributed by atoms with E-state index in [0.29, 0.717) is 37.5 Å². The number of aromatic nitrogens is 1. The minimum atomic E-state index is -1.17. The Hall–Kier alpha value is -2.66. The first-order chi connectivity index (χ1) is 27.6. The van der Waals surface area contributed by atoms with E-state index in [-0.39, 0.29) is 51.8 Å². The maximum absolute atomic E-state index is 14.8. The fourth-order valence-electron chi connectivity index (χ4n) is 13.9. The number of ketones is 1. The Kier molecular flexibility index (Phi) is 13.4. The Labute approximate surface area is 355 Å². The number of fused-ring (bicyclic) bond motifs is 7. The molecule has 0 aliphatic heterocycles. The highest BCUT2D eigenvalue weighted by atomic mass is 16.5. The Morgan fingerprint density at radius 2 is 1.66 bits per heavy atom. The van der Waals surface area contributed by atoms with Crippen LogP contribution in [0.25, 0.3) is 0 Å². The molecule has 0 aromatic carbocycles. The third-order valence-electron chi connectivity index (χ3n) is 17.3. The number of likely N-dealkylation sites (N-methyl/N-ethyl adjacent to an activating group) is 1. The average Bonchev–Trinajstić information content (AvgIpc) is 3.46. The number of rotatable bonds is 16. The van der Waals surface area contributed by atoms with Crippen molar-refractivity contribution in [3.63, 3.8) is 0 Å². The van der Waals surface area contributed by atoms with Gasteiger partial charge in [0.2, 0.25) is 0 Å². The monoisotopic (exact) mass is 820 g/mol. The van der Waals surface area contributed by atoms with Gasteiger partial charge in [-0.3, -0.25) is 24.3 Å². The summed E-state index contributed by atoms with van der Waals surface area (Å²) in [6, 6.07) is 5.96. The largest absolute Gasteiger partial charge is 0.481 e. The molecule has 0 amide bonds. The molecular weight excluding hydrogens is 743 g/mol. The van der Waals surface area contributed by atoms with Gasteiger partial charge in [-0.15, -0.1) is 0 Å². The smallest absolute Gasteiger partial charge is 0.309 e. The number of carbonyl (C=O) groups excluding carboxylic acids is 2. The highest BCUT2D eigenvalue weighted by molar-refractivity contribution is 6.02. The lowest BCUT2D eigenvalue weighted by Gasteiger charge is -2.71. The number of carboxylic acids is 1. The Morgan fingerprint density at radius 3 is 2.31 bits per heavy atom. The van der Waals surface area contributed by atoms with Gasteiger partial charge in [-0.25, -0.2) is 0 Å². The first kappa shape index (κ1) is 45.9. The number of aliphatic carboxylic acids is 1. The minimum absolute atomic E-state index is 0.0175. The van der Waals surface area contributed by atoms with E-state index < -0.39 is 29.4 Å². The van der Waals surface area contributed by atoms with E-state index in [0.717, 1.165) is 82.3 Å². The van der Waals surface area contributed by atoms with Gasteiger partial charge in [0.05, 0.1) is 36.2 Å². The van der Waals surface area contributed by atoms with Crippen molar-refractivity contribution in [1.82, 2.24) is 14.8 Å². The lowest BCUT2D eigenvalue weighted by atomic mass is 9.33. The van der Waals surface area contributed by atoms with E-state index in [1.54, 1.807) is 21.0 Å². The van der Waals surface area contributed by atoms with Crippen LogP contribution in [0.5, 0.6) is 0 Å². The standard InChI is InChI=1S/C49H77N3O7/c1-31(2)40-41-33(42(43(40)55)35(53)30-52(25-24-51(10)26-27-58-11)29-32-14-12-13-23-50-32)17-21-48(8)34(41)15-16-37-47(7)20-19-38(59-39(54)28-45(3,4)44(56)57)46(5,6)36(47)18-22-49(37,48)9/h12-14,23,31,33-38,42,53H,15-22,24-30H2,1-11H3,(H,56,57)/t33?,34-,35+,36+,37-,38+,42?,47+,48-,49-/m1/s1. The molecule has 10 heteroatoms. The zero-order valence-corrected chi connectivity index (χ0v) is 38.3. The number of methoxy groups -OCH3 is 1. The third-order valence-corrected chi connectivity index (χ3v) is 17.3. The van der Waals surface area contributed by atoms with Gasteiger partial charge in [0, 0.05) is 51.4 Å². The highest BCUT2D eigenvalue weighted by Gasteiger charge is 2.69. The van der Waals surface area contributed by atoms with Crippen LogP contribution in [0.15, 0.2) is 35.5 Å². The molecular formula is C49H77N3O7. The fourth-order valence-corrected chi connectivity index (χ4v) is 13.9. The molecule has 59 heavy (non-hydrogen) atoms. The van der Waals surface area contributed by atoms with Gasteiger partial charge in [0.1, 0.15) is 6.10 Å². The summed E-state index contributed by atoms with van der Waals surface area (Å²) >= 11 is 0. The molecule has 0 spiro atoms. The number of Topliss-reactive ketones (excluding diaryl/α,β-unsaturated/α-hetero) is 1. The van der Waals surface area contributed by atoms with Crippen LogP contribution in [0.1, 0.15) is 126 Å². The zero-order chi connectivity index (χ0) is 43.3. The zero-order valence-electron chi connectivity index (χ0n) is 38.3. The fraction of sp³-hybridized carbons (Fsp3) is 0.796. The second kappa shape index (κ2) is 17.2.